The zero-order chi connectivity index (χ0) is 13.0. The van der Waals surface area contributed by atoms with Gasteiger partial charge in [0.15, 0.2) is 0 Å². The number of aliphatic hydroxyl groups excluding tert-OH is 1. The lowest BCUT2D eigenvalue weighted by molar-refractivity contribution is 0.0497. The van der Waals surface area contributed by atoms with E-state index in [1.165, 1.54) is 0 Å². The topological polar surface area (TPSA) is 38.7 Å². The molecule has 4 heteroatoms. The highest BCUT2D eigenvalue weighted by Gasteiger charge is 2.15. The van der Waals surface area contributed by atoms with Gasteiger partial charge < -0.3 is 14.6 Å². The molecule has 1 aliphatic heterocycles. The zero-order valence-electron chi connectivity index (χ0n) is 10.6. The first kappa shape index (κ1) is 13.7. The van der Waals surface area contributed by atoms with Crippen molar-refractivity contribution in [1.29, 1.82) is 0 Å². The maximum atomic E-state index is 9.46. The Bertz CT molecular complexity index is 387. The van der Waals surface area contributed by atoms with Gasteiger partial charge in [-0.15, -0.1) is 0 Å². The second kappa shape index (κ2) is 6.41. The van der Waals surface area contributed by atoms with E-state index in [0.717, 1.165) is 31.6 Å². The van der Waals surface area contributed by atoms with Gasteiger partial charge in [-0.2, -0.15) is 0 Å². The van der Waals surface area contributed by atoms with Crippen molar-refractivity contribution in [2.45, 2.75) is 25.9 Å². The Morgan fingerprint density at radius 3 is 2.78 bits per heavy atom. The molecule has 0 radical (unpaired) electrons. The van der Waals surface area contributed by atoms with Gasteiger partial charge in [0, 0.05) is 13.2 Å². The third-order valence-corrected chi connectivity index (χ3v) is 3.55. The SMILES string of the molecule is C[C@H](O)c1ccc(OCC2CCOCC2)c(Cl)c1. The van der Waals surface area contributed by atoms with E-state index >= 15 is 0 Å². The van der Waals surface area contributed by atoms with Crippen molar-refractivity contribution in [2.75, 3.05) is 19.8 Å². The molecule has 0 saturated carbocycles. The van der Waals surface area contributed by atoms with Gasteiger partial charge in [-0.1, -0.05) is 17.7 Å². The third-order valence-electron chi connectivity index (χ3n) is 3.25. The molecule has 18 heavy (non-hydrogen) atoms. The molecule has 2 rings (SSSR count). The zero-order valence-corrected chi connectivity index (χ0v) is 11.3. The minimum Gasteiger partial charge on any atom is -0.492 e. The Morgan fingerprint density at radius 1 is 1.44 bits per heavy atom. The summed E-state index contributed by atoms with van der Waals surface area (Å²) in [5.74, 6) is 1.24. The van der Waals surface area contributed by atoms with Crippen LogP contribution in [0.3, 0.4) is 0 Å². The molecule has 0 bridgehead atoms. The van der Waals surface area contributed by atoms with E-state index in [0.29, 0.717) is 23.3 Å². The van der Waals surface area contributed by atoms with Gasteiger partial charge in [-0.25, -0.2) is 0 Å². The molecular weight excluding hydrogens is 252 g/mol. The van der Waals surface area contributed by atoms with Crippen LogP contribution in [-0.2, 0) is 4.74 Å². The fourth-order valence-electron chi connectivity index (χ4n) is 2.01. The first-order chi connectivity index (χ1) is 8.66. The van der Waals surface area contributed by atoms with Crippen molar-refractivity contribution in [3.05, 3.63) is 28.8 Å². The van der Waals surface area contributed by atoms with Gasteiger partial charge in [-0.3, -0.25) is 0 Å². The number of benzene rings is 1. The minimum absolute atomic E-state index is 0.507. The van der Waals surface area contributed by atoms with E-state index < -0.39 is 6.10 Å². The van der Waals surface area contributed by atoms with Crippen LogP contribution in [0.5, 0.6) is 5.75 Å². The Kier molecular flexibility index (Phi) is 4.87. The molecule has 0 unspecified atom stereocenters. The summed E-state index contributed by atoms with van der Waals surface area (Å²) in [5.41, 5.74) is 0.804. The highest BCUT2D eigenvalue weighted by molar-refractivity contribution is 6.32. The summed E-state index contributed by atoms with van der Waals surface area (Å²) < 4.78 is 11.1. The van der Waals surface area contributed by atoms with Crippen molar-refractivity contribution >= 4 is 11.6 Å². The normalized spacial score (nSPS) is 18.6. The molecule has 1 saturated heterocycles. The molecule has 0 spiro atoms. The highest BCUT2D eigenvalue weighted by atomic mass is 35.5. The third kappa shape index (κ3) is 3.61. The first-order valence-electron chi connectivity index (χ1n) is 6.35. The fourth-order valence-corrected chi connectivity index (χ4v) is 2.26. The minimum atomic E-state index is -0.507. The van der Waals surface area contributed by atoms with Gasteiger partial charge in [0.2, 0.25) is 0 Å². The summed E-state index contributed by atoms with van der Waals surface area (Å²) in [7, 11) is 0. The Labute approximate surface area is 113 Å². The van der Waals surface area contributed by atoms with E-state index in [-0.39, 0.29) is 0 Å². The molecule has 1 atom stereocenters. The summed E-state index contributed by atoms with van der Waals surface area (Å²) >= 11 is 6.13. The molecule has 0 aromatic heterocycles. The molecule has 1 aromatic rings. The number of rotatable bonds is 4. The number of hydrogen-bond acceptors (Lipinski definition) is 3. The van der Waals surface area contributed by atoms with Gasteiger partial charge in [0.05, 0.1) is 17.7 Å². The largest absolute Gasteiger partial charge is 0.492 e. The molecule has 1 aliphatic rings. The van der Waals surface area contributed by atoms with E-state index in [1.54, 1.807) is 13.0 Å². The Morgan fingerprint density at radius 2 is 2.17 bits per heavy atom. The molecule has 1 heterocycles. The number of hydrogen-bond donors (Lipinski definition) is 1. The lowest BCUT2D eigenvalue weighted by Gasteiger charge is -2.22. The van der Waals surface area contributed by atoms with Crippen molar-refractivity contribution in [1.82, 2.24) is 0 Å². The number of aliphatic hydroxyl groups is 1. The van der Waals surface area contributed by atoms with Crippen LogP contribution in [0.1, 0.15) is 31.4 Å². The molecule has 100 valence electrons. The van der Waals surface area contributed by atoms with E-state index in [4.69, 9.17) is 21.1 Å². The summed E-state index contributed by atoms with van der Waals surface area (Å²) in [4.78, 5) is 0. The summed E-state index contributed by atoms with van der Waals surface area (Å²) in [6.07, 6.45) is 1.58. The van der Waals surface area contributed by atoms with Crippen LogP contribution < -0.4 is 4.74 Å². The smallest absolute Gasteiger partial charge is 0.137 e. The van der Waals surface area contributed by atoms with Crippen molar-refractivity contribution in [3.63, 3.8) is 0 Å². The van der Waals surface area contributed by atoms with Crippen LogP contribution in [0.25, 0.3) is 0 Å². The number of ether oxygens (including phenoxy) is 2. The molecule has 1 aromatic carbocycles. The number of halogens is 1. The van der Waals surface area contributed by atoms with Gasteiger partial charge >= 0.3 is 0 Å². The summed E-state index contributed by atoms with van der Waals surface area (Å²) in [6, 6.07) is 5.42. The van der Waals surface area contributed by atoms with Crippen molar-refractivity contribution < 1.29 is 14.6 Å². The Hall–Kier alpha value is -0.770. The average Bonchev–Trinajstić information content (AvgIpc) is 2.38. The first-order valence-corrected chi connectivity index (χ1v) is 6.72. The van der Waals surface area contributed by atoms with Crippen LogP contribution in [0, 0.1) is 5.92 Å². The molecule has 3 nitrogen and oxygen atoms in total. The maximum Gasteiger partial charge on any atom is 0.137 e. The quantitative estimate of drug-likeness (QED) is 0.913. The Balaban J connectivity index is 1.92. The van der Waals surface area contributed by atoms with Crippen LogP contribution in [0.15, 0.2) is 18.2 Å². The molecule has 0 aliphatic carbocycles. The lowest BCUT2D eigenvalue weighted by atomic mass is 10.0. The van der Waals surface area contributed by atoms with E-state index in [9.17, 15) is 5.11 Å². The molecular formula is C14H19ClO3. The van der Waals surface area contributed by atoms with Crippen molar-refractivity contribution in [2.24, 2.45) is 5.92 Å². The lowest BCUT2D eigenvalue weighted by Crippen LogP contribution is -2.21. The average molecular weight is 271 g/mol. The summed E-state index contributed by atoms with van der Waals surface area (Å²) in [5, 5.41) is 10.0. The summed E-state index contributed by atoms with van der Waals surface area (Å²) in [6.45, 7) is 4.04. The fraction of sp³-hybridized carbons (Fsp3) is 0.571. The van der Waals surface area contributed by atoms with Crippen LogP contribution >= 0.6 is 11.6 Å². The van der Waals surface area contributed by atoms with Crippen LogP contribution in [0.4, 0.5) is 0 Å². The van der Waals surface area contributed by atoms with Gasteiger partial charge in [0.1, 0.15) is 5.75 Å². The molecule has 0 amide bonds. The second-order valence-corrected chi connectivity index (χ2v) is 5.14. The highest BCUT2D eigenvalue weighted by Crippen LogP contribution is 2.29. The second-order valence-electron chi connectivity index (χ2n) is 4.73. The predicted octanol–water partition coefficient (Wildman–Crippen LogP) is 3.20. The maximum absolute atomic E-state index is 9.46. The standard InChI is InChI=1S/C14H19ClO3/c1-10(16)12-2-3-14(13(15)8-12)18-9-11-4-6-17-7-5-11/h2-3,8,10-11,16H,4-7,9H2,1H3/t10-/m0/s1. The van der Waals surface area contributed by atoms with Crippen LogP contribution in [-0.4, -0.2) is 24.9 Å². The monoisotopic (exact) mass is 270 g/mol. The van der Waals surface area contributed by atoms with E-state index in [1.807, 2.05) is 12.1 Å². The molecule has 1 fully saturated rings. The van der Waals surface area contributed by atoms with Gasteiger partial charge in [0.25, 0.3) is 0 Å². The van der Waals surface area contributed by atoms with Gasteiger partial charge in [-0.05, 0) is 43.4 Å². The van der Waals surface area contributed by atoms with E-state index in [2.05, 4.69) is 0 Å². The van der Waals surface area contributed by atoms with Crippen LogP contribution in [0.2, 0.25) is 5.02 Å². The van der Waals surface area contributed by atoms with Crippen molar-refractivity contribution in [3.8, 4) is 5.75 Å². The predicted molar refractivity (Wildman–Crippen MR) is 71.1 cm³/mol. The molecule has 1 N–H and O–H groups in total.